The Morgan fingerprint density at radius 1 is 1.19 bits per heavy atom. The fraction of sp³-hybridized carbons (Fsp3) is 0.476. The van der Waals surface area contributed by atoms with E-state index in [-0.39, 0.29) is 28.7 Å². The van der Waals surface area contributed by atoms with Crippen molar-refractivity contribution in [2.24, 2.45) is 4.99 Å². The Hall–Kier alpha value is -0.990. The van der Waals surface area contributed by atoms with E-state index < -0.39 is 0 Å². The molecule has 0 saturated carbocycles. The van der Waals surface area contributed by atoms with Crippen molar-refractivity contribution >= 4 is 52.5 Å². The second kappa shape index (κ2) is 10.5. The number of rotatable bonds is 5. The van der Waals surface area contributed by atoms with Gasteiger partial charge in [0.2, 0.25) is 0 Å². The van der Waals surface area contributed by atoms with Crippen LogP contribution in [-0.2, 0) is 11.3 Å². The summed E-state index contributed by atoms with van der Waals surface area (Å²) in [6, 6.07) is 15.1. The third kappa shape index (κ3) is 5.74. The average Bonchev–Trinajstić information content (AvgIpc) is 2.69. The molecule has 1 fully saturated rings. The van der Waals surface area contributed by atoms with Crippen LogP contribution in [0.15, 0.2) is 47.5 Å². The predicted molar refractivity (Wildman–Crippen MR) is 128 cm³/mol. The number of benzene rings is 2. The van der Waals surface area contributed by atoms with Gasteiger partial charge in [-0.25, -0.2) is 0 Å². The molecule has 0 amide bonds. The summed E-state index contributed by atoms with van der Waals surface area (Å²) in [5, 5.41) is 6.15. The van der Waals surface area contributed by atoms with Gasteiger partial charge in [0.25, 0.3) is 0 Å². The molecule has 0 unspecified atom stereocenters. The summed E-state index contributed by atoms with van der Waals surface area (Å²) in [4.78, 5) is 6.68. The maximum atomic E-state index is 5.54. The van der Waals surface area contributed by atoms with Crippen LogP contribution in [0.2, 0.25) is 0 Å². The molecule has 3 rings (SSSR count). The average molecular weight is 499 g/mol. The van der Waals surface area contributed by atoms with Gasteiger partial charge in [0.1, 0.15) is 0 Å². The molecule has 1 aliphatic rings. The first kappa shape index (κ1) is 22.3. The van der Waals surface area contributed by atoms with Crippen LogP contribution in [-0.4, -0.2) is 55.7 Å². The smallest absolute Gasteiger partial charge is 0.193 e. The van der Waals surface area contributed by atoms with Crippen LogP contribution >= 0.6 is 35.7 Å². The van der Waals surface area contributed by atoms with Crippen LogP contribution in [0.3, 0.4) is 0 Å². The summed E-state index contributed by atoms with van der Waals surface area (Å²) in [5.41, 5.74) is 1.29. The third-order valence-corrected chi connectivity index (χ3v) is 6.63. The lowest BCUT2D eigenvalue weighted by molar-refractivity contribution is 0.0781. The first-order valence-electron chi connectivity index (χ1n) is 9.18. The number of nitrogens with one attached hydrogen (secondary N) is 1. The molecule has 1 N–H and O–H groups in total. The van der Waals surface area contributed by atoms with Gasteiger partial charge in [0.15, 0.2) is 5.96 Å². The molecule has 27 heavy (non-hydrogen) atoms. The van der Waals surface area contributed by atoms with Crippen LogP contribution in [0, 0.1) is 0 Å². The van der Waals surface area contributed by atoms with Crippen LogP contribution in [0.25, 0.3) is 10.8 Å². The van der Waals surface area contributed by atoms with E-state index in [9.17, 15) is 0 Å². The SMILES string of the molecule is CN=C(NCC1(SC)CCOCC1)N(C)Cc1ccc2ccccc2c1.I. The normalized spacial score (nSPS) is 16.6. The number of hydrogen-bond acceptors (Lipinski definition) is 3. The summed E-state index contributed by atoms with van der Waals surface area (Å²) < 4.78 is 5.79. The molecule has 0 aromatic heterocycles. The zero-order valence-electron chi connectivity index (χ0n) is 16.4. The van der Waals surface area contributed by atoms with Crippen molar-refractivity contribution in [1.29, 1.82) is 0 Å². The minimum Gasteiger partial charge on any atom is -0.381 e. The number of ether oxygens (including phenoxy) is 1. The standard InChI is InChI=1S/C21H29N3OS.HI/c1-22-20(23-16-21(26-3)10-12-25-13-11-21)24(2)15-17-8-9-18-6-4-5-7-19(18)14-17;/h4-9,14H,10-13,15-16H2,1-3H3,(H,22,23);1H. The lowest BCUT2D eigenvalue weighted by Gasteiger charge is -2.37. The van der Waals surface area contributed by atoms with Gasteiger partial charge in [-0.15, -0.1) is 24.0 Å². The largest absolute Gasteiger partial charge is 0.381 e. The minimum atomic E-state index is 0. The molecule has 0 aliphatic carbocycles. The van der Waals surface area contributed by atoms with Crippen molar-refractivity contribution in [3.05, 3.63) is 48.0 Å². The van der Waals surface area contributed by atoms with E-state index in [1.165, 1.54) is 16.3 Å². The molecular formula is C21H30IN3OS. The van der Waals surface area contributed by atoms with E-state index in [4.69, 9.17) is 4.74 Å². The second-order valence-corrected chi connectivity index (χ2v) is 8.21. The fourth-order valence-corrected chi connectivity index (χ4v) is 4.30. The number of aliphatic imine (C=N–C) groups is 1. The molecule has 0 atom stereocenters. The van der Waals surface area contributed by atoms with Crippen molar-refractivity contribution in [2.45, 2.75) is 24.1 Å². The monoisotopic (exact) mass is 499 g/mol. The number of halogens is 1. The zero-order chi connectivity index (χ0) is 18.4. The molecule has 4 nitrogen and oxygen atoms in total. The number of nitrogens with zero attached hydrogens (tertiary/aromatic N) is 2. The Bertz CT molecular complexity index is 762. The van der Waals surface area contributed by atoms with E-state index in [1.807, 2.05) is 18.8 Å². The number of fused-ring (bicyclic) bond motifs is 1. The Morgan fingerprint density at radius 3 is 2.56 bits per heavy atom. The first-order valence-corrected chi connectivity index (χ1v) is 10.4. The van der Waals surface area contributed by atoms with Gasteiger partial charge in [0, 0.05) is 45.1 Å². The maximum Gasteiger partial charge on any atom is 0.193 e. The highest BCUT2D eigenvalue weighted by Gasteiger charge is 2.32. The van der Waals surface area contributed by atoms with Crippen LogP contribution in [0.4, 0.5) is 0 Å². The molecule has 1 aliphatic heterocycles. The first-order chi connectivity index (χ1) is 12.7. The van der Waals surface area contributed by atoms with E-state index in [1.54, 1.807) is 0 Å². The maximum absolute atomic E-state index is 5.54. The summed E-state index contributed by atoms with van der Waals surface area (Å²) in [6.45, 7) is 3.47. The lowest BCUT2D eigenvalue weighted by Crippen LogP contribution is -2.48. The van der Waals surface area contributed by atoms with Crippen molar-refractivity contribution in [2.75, 3.05) is 40.1 Å². The van der Waals surface area contributed by atoms with Crippen LogP contribution < -0.4 is 5.32 Å². The summed E-state index contributed by atoms with van der Waals surface area (Å²) in [5.74, 6) is 0.943. The van der Waals surface area contributed by atoms with Crippen LogP contribution in [0.1, 0.15) is 18.4 Å². The minimum absolute atomic E-state index is 0. The highest BCUT2D eigenvalue weighted by atomic mass is 127. The van der Waals surface area contributed by atoms with Gasteiger partial charge in [-0.05, 0) is 41.5 Å². The molecule has 148 valence electrons. The van der Waals surface area contributed by atoms with E-state index in [0.29, 0.717) is 0 Å². The highest BCUT2D eigenvalue weighted by molar-refractivity contribution is 14.0. The Kier molecular flexibility index (Phi) is 8.69. The van der Waals surface area contributed by atoms with Gasteiger partial charge in [-0.2, -0.15) is 11.8 Å². The van der Waals surface area contributed by atoms with Crippen molar-refractivity contribution < 1.29 is 4.74 Å². The Labute approximate surface area is 184 Å². The van der Waals surface area contributed by atoms with Gasteiger partial charge >= 0.3 is 0 Å². The molecule has 0 spiro atoms. The highest BCUT2D eigenvalue weighted by Crippen LogP contribution is 2.33. The molecule has 6 heteroatoms. The van der Waals surface area contributed by atoms with Gasteiger partial charge in [-0.1, -0.05) is 36.4 Å². The zero-order valence-corrected chi connectivity index (χ0v) is 19.6. The van der Waals surface area contributed by atoms with Gasteiger partial charge in [0.05, 0.1) is 0 Å². The topological polar surface area (TPSA) is 36.9 Å². The summed E-state index contributed by atoms with van der Waals surface area (Å²) in [6.07, 6.45) is 4.38. The predicted octanol–water partition coefficient (Wildman–Crippen LogP) is 4.38. The number of guanidine groups is 1. The van der Waals surface area contributed by atoms with Crippen LogP contribution in [0.5, 0.6) is 0 Å². The van der Waals surface area contributed by atoms with E-state index in [2.05, 4.69) is 71.0 Å². The lowest BCUT2D eigenvalue weighted by atomic mass is 9.99. The Balaban J connectivity index is 0.00000261. The number of hydrogen-bond donors (Lipinski definition) is 1. The quantitative estimate of drug-likeness (QED) is 0.377. The van der Waals surface area contributed by atoms with Gasteiger partial charge in [-0.3, -0.25) is 4.99 Å². The molecular weight excluding hydrogens is 469 g/mol. The molecule has 0 bridgehead atoms. The van der Waals surface area contributed by atoms with Gasteiger partial charge < -0.3 is 15.0 Å². The fourth-order valence-electron chi connectivity index (χ4n) is 3.51. The van der Waals surface area contributed by atoms with E-state index >= 15 is 0 Å². The molecule has 1 heterocycles. The number of thioether (sulfide) groups is 1. The van der Waals surface area contributed by atoms with Crippen molar-refractivity contribution in [3.8, 4) is 0 Å². The second-order valence-electron chi connectivity index (χ2n) is 6.94. The van der Waals surface area contributed by atoms with Crippen molar-refractivity contribution in [3.63, 3.8) is 0 Å². The van der Waals surface area contributed by atoms with Crippen molar-refractivity contribution in [1.82, 2.24) is 10.2 Å². The molecule has 0 radical (unpaired) electrons. The molecule has 2 aromatic rings. The third-order valence-electron chi connectivity index (χ3n) is 5.21. The van der Waals surface area contributed by atoms with E-state index in [0.717, 1.165) is 45.1 Å². The molecule has 2 aromatic carbocycles. The summed E-state index contributed by atoms with van der Waals surface area (Å²) >= 11 is 1.95. The molecule has 1 saturated heterocycles. The Morgan fingerprint density at radius 2 is 1.89 bits per heavy atom. The summed E-state index contributed by atoms with van der Waals surface area (Å²) in [7, 11) is 3.95.